The fourth-order valence-electron chi connectivity index (χ4n) is 7.16. The molecule has 0 bridgehead atoms. The van der Waals surface area contributed by atoms with E-state index < -0.39 is 12.1 Å². The van der Waals surface area contributed by atoms with Crippen molar-refractivity contribution in [3.05, 3.63) is 131 Å². The molecule has 61 heavy (non-hydrogen) atoms. The Labute approximate surface area is 360 Å². The zero-order valence-electron chi connectivity index (χ0n) is 33.4. The molecular formula is C46H42ClFN6O6S. The Morgan fingerprint density at radius 1 is 0.902 bits per heavy atom. The molecule has 2 N–H and O–H groups in total. The van der Waals surface area contributed by atoms with Crippen molar-refractivity contribution in [3.63, 3.8) is 0 Å². The van der Waals surface area contributed by atoms with E-state index in [-0.39, 0.29) is 30.5 Å². The lowest BCUT2D eigenvalue weighted by Crippen LogP contribution is -2.45. The van der Waals surface area contributed by atoms with Crippen LogP contribution in [-0.2, 0) is 17.8 Å². The van der Waals surface area contributed by atoms with E-state index in [9.17, 15) is 19.4 Å². The second kappa shape index (κ2) is 18.6. The number of aromatic nitrogens is 4. The molecule has 15 heteroatoms. The van der Waals surface area contributed by atoms with E-state index in [1.165, 1.54) is 29.8 Å². The van der Waals surface area contributed by atoms with Crippen LogP contribution in [0.1, 0.15) is 16.8 Å². The van der Waals surface area contributed by atoms with Crippen LogP contribution >= 0.6 is 22.9 Å². The van der Waals surface area contributed by atoms with Crippen LogP contribution in [0.5, 0.6) is 23.1 Å². The maximum atomic E-state index is 14.2. The van der Waals surface area contributed by atoms with E-state index in [0.29, 0.717) is 56.0 Å². The van der Waals surface area contributed by atoms with Crippen LogP contribution in [0.4, 0.5) is 4.39 Å². The Bertz CT molecular complexity index is 2660. The Morgan fingerprint density at radius 2 is 1.66 bits per heavy atom. The number of phenols is 1. The van der Waals surface area contributed by atoms with Gasteiger partial charge in [-0.25, -0.2) is 29.1 Å². The minimum Gasteiger partial charge on any atom is -0.508 e. The van der Waals surface area contributed by atoms with Crippen molar-refractivity contribution in [1.82, 2.24) is 29.7 Å². The van der Waals surface area contributed by atoms with Crippen LogP contribution in [-0.4, -0.2) is 98.4 Å². The number of hydrogen-bond acceptors (Lipinski definition) is 12. The van der Waals surface area contributed by atoms with Crippen molar-refractivity contribution in [2.75, 3.05) is 46.4 Å². The summed E-state index contributed by atoms with van der Waals surface area (Å²) < 4.78 is 33.0. The summed E-state index contributed by atoms with van der Waals surface area (Å²) in [6.07, 6.45) is 1.53. The van der Waals surface area contributed by atoms with Crippen LogP contribution in [0.15, 0.2) is 104 Å². The molecule has 0 unspecified atom stereocenters. The Kier molecular flexibility index (Phi) is 12.7. The van der Waals surface area contributed by atoms with Gasteiger partial charge in [0.05, 0.1) is 16.1 Å². The number of aromatic hydroxyl groups is 1. The Morgan fingerprint density at radius 3 is 2.43 bits per heavy atom. The maximum Gasteiger partial charge on any atom is 0.345 e. The van der Waals surface area contributed by atoms with Crippen LogP contribution in [0, 0.1) is 12.7 Å². The van der Waals surface area contributed by atoms with Gasteiger partial charge in [-0.3, -0.25) is 4.90 Å². The number of thiophene rings is 1. The number of aliphatic carboxylic acids is 1. The van der Waals surface area contributed by atoms with E-state index in [0.717, 1.165) is 59.9 Å². The van der Waals surface area contributed by atoms with Gasteiger partial charge < -0.3 is 29.3 Å². The summed E-state index contributed by atoms with van der Waals surface area (Å²) in [7, 11) is 2.12. The van der Waals surface area contributed by atoms with Crippen molar-refractivity contribution in [1.29, 1.82) is 0 Å². The summed E-state index contributed by atoms with van der Waals surface area (Å²) >= 11 is 8.41. The van der Waals surface area contributed by atoms with Crippen LogP contribution in [0.25, 0.3) is 43.2 Å². The second-order valence-corrected chi connectivity index (χ2v) is 16.1. The quantitative estimate of drug-likeness (QED) is 0.102. The average Bonchev–Trinajstić information content (AvgIpc) is 3.66. The number of likely N-dealkylation sites (N-methyl/N-ethyl adjacent to an activating group) is 1. The summed E-state index contributed by atoms with van der Waals surface area (Å²) in [5.41, 5.74) is 4.81. The van der Waals surface area contributed by atoms with E-state index >= 15 is 0 Å². The third-order valence-corrected chi connectivity index (χ3v) is 12.2. The molecule has 4 aromatic carbocycles. The largest absolute Gasteiger partial charge is 0.508 e. The fraction of sp³-hybridized carbons (Fsp3) is 0.239. The zero-order chi connectivity index (χ0) is 42.5. The Hall–Kier alpha value is -6.19. The van der Waals surface area contributed by atoms with Gasteiger partial charge in [-0.1, -0.05) is 48.0 Å². The smallest absolute Gasteiger partial charge is 0.345 e. The molecule has 12 nitrogen and oxygen atoms in total. The lowest BCUT2D eigenvalue weighted by atomic mass is 9.96. The topological polar surface area (TPSA) is 143 Å². The van der Waals surface area contributed by atoms with Crippen LogP contribution in [0.2, 0.25) is 5.02 Å². The molecule has 7 aromatic rings. The molecular weight excluding hydrogens is 819 g/mol. The standard InChI is InChI=1S/C46H42ClFN6O6S/c1-28-35(15-16-37(41(28)47)58-24-23-54-21-19-53(2)20-22-54)39-40-44(50-27-51-45(40)61-42(39)29-7-11-32(48)12-8-29)60-38(46(56)57)25-31-5-3-4-6-36(31)59-26-33-17-18-49-43(52-33)30-9-13-34(55)14-10-30/h3-18,27,38,55H,19-26H2,1-2H3,(H,56,57)/t38-/m1/s1. The predicted octanol–water partition coefficient (Wildman–Crippen LogP) is 8.57. The first-order valence-corrected chi connectivity index (χ1v) is 20.9. The summed E-state index contributed by atoms with van der Waals surface area (Å²) in [6, 6.07) is 25.4. The van der Waals surface area contributed by atoms with E-state index in [1.807, 2.05) is 19.1 Å². The molecule has 0 aliphatic carbocycles. The van der Waals surface area contributed by atoms with Gasteiger partial charge in [-0.05, 0) is 90.8 Å². The van der Waals surface area contributed by atoms with Gasteiger partial charge in [0.1, 0.15) is 47.4 Å². The van der Waals surface area contributed by atoms with Gasteiger partial charge in [0.25, 0.3) is 0 Å². The highest BCUT2D eigenvalue weighted by Crippen LogP contribution is 2.49. The summed E-state index contributed by atoms with van der Waals surface area (Å²) in [6.45, 7) is 7.23. The highest BCUT2D eigenvalue weighted by atomic mass is 35.5. The molecule has 312 valence electrons. The Balaban J connectivity index is 1.08. The van der Waals surface area contributed by atoms with Gasteiger partial charge >= 0.3 is 5.97 Å². The first kappa shape index (κ1) is 41.5. The van der Waals surface area contributed by atoms with Gasteiger partial charge in [0.2, 0.25) is 12.0 Å². The number of carboxylic acids is 1. The lowest BCUT2D eigenvalue weighted by molar-refractivity contribution is -0.145. The van der Waals surface area contributed by atoms with Gasteiger partial charge in [-0.2, -0.15) is 0 Å². The molecule has 0 saturated carbocycles. The first-order chi connectivity index (χ1) is 29.6. The van der Waals surface area contributed by atoms with Crippen molar-refractivity contribution >= 4 is 39.1 Å². The molecule has 8 rings (SSSR count). The fourth-order valence-corrected chi connectivity index (χ4v) is 8.53. The lowest BCUT2D eigenvalue weighted by Gasteiger charge is -2.32. The molecule has 1 atom stereocenters. The normalized spacial score (nSPS) is 13.9. The van der Waals surface area contributed by atoms with E-state index in [1.54, 1.807) is 72.9 Å². The molecule has 1 aliphatic rings. The predicted molar refractivity (Wildman–Crippen MR) is 233 cm³/mol. The molecule has 1 saturated heterocycles. The monoisotopic (exact) mass is 860 g/mol. The first-order valence-electron chi connectivity index (χ1n) is 19.7. The highest BCUT2D eigenvalue weighted by molar-refractivity contribution is 7.22. The number of fused-ring (bicyclic) bond motifs is 1. The third kappa shape index (κ3) is 9.58. The zero-order valence-corrected chi connectivity index (χ0v) is 35.0. The van der Waals surface area contributed by atoms with Crippen molar-refractivity contribution in [3.8, 4) is 56.1 Å². The van der Waals surface area contributed by atoms with Gasteiger partial charge in [0, 0.05) is 61.3 Å². The van der Waals surface area contributed by atoms with E-state index in [2.05, 4.69) is 36.8 Å². The second-order valence-electron chi connectivity index (χ2n) is 14.7. The molecule has 0 amide bonds. The van der Waals surface area contributed by atoms with Crippen molar-refractivity contribution in [2.24, 2.45) is 0 Å². The molecule has 3 aromatic heterocycles. The summed E-state index contributed by atoms with van der Waals surface area (Å²) in [4.78, 5) is 37.0. The molecule has 1 fully saturated rings. The number of carboxylic acid groups (broad SMARTS) is 1. The summed E-state index contributed by atoms with van der Waals surface area (Å²) in [5, 5.41) is 21.2. The number of carbonyl (C=O) groups is 1. The number of rotatable bonds is 15. The van der Waals surface area contributed by atoms with Crippen molar-refractivity contribution < 1.29 is 33.6 Å². The van der Waals surface area contributed by atoms with Gasteiger partial charge in [-0.15, -0.1) is 11.3 Å². The van der Waals surface area contributed by atoms with Gasteiger partial charge in [0.15, 0.2) is 5.82 Å². The number of phenolic OH excluding ortho intramolecular Hbond substituents is 1. The highest BCUT2D eigenvalue weighted by Gasteiger charge is 2.28. The molecule has 0 radical (unpaired) electrons. The number of halogens is 2. The SMILES string of the molecule is Cc1c(-c2c(-c3ccc(F)cc3)sc3ncnc(O[C@H](Cc4ccccc4OCc4ccnc(-c5ccc(O)cc5)n4)C(=O)O)c23)ccc(OCCN2CCN(C)CC2)c1Cl. The summed E-state index contributed by atoms with van der Waals surface area (Å²) in [5.74, 6) is 0.111. The number of hydrogen-bond donors (Lipinski definition) is 2. The average molecular weight is 861 g/mol. The van der Waals surface area contributed by atoms with Crippen LogP contribution < -0.4 is 14.2 Å². The minimum absolute atomic E-state index is 0.0607. The molecule has 4 heterocycles. The number of para-hydroxylation sites is 1. The van der Waals surface area contributed by atoms with E-state index in [4.69, 9.17) is 25.8 Å². The van der Waals surface area contributed by atoms with Crippen LogP contribution in [0.3, 0.4) is 0 Å². The number of nitrogens with zero attached hydrogens (tertiary/aromatic N) is 6. The number of piperazine rings is 1. The minimum atomic E-state index is -1.38. The third-order valence-electron chi connectivity index (χ3n) is 10.6. The number of benzene rings is 4. The number of ether oxygens (including phenoxy) is 3. The molecule has 1 aliphatic heterocycles. The molecule has 0 spiro atoms. The maximum absolute atomic E-state index is 14.2. The van der Waals surface area contributed by atoms with Crippen molar-refractivity contribution in [2.45, 2.75) is 26.1 Å².